The van der Waals surface area contributed by atoms with Crippen LogP contribution in [0.2, 0.25) is 0 Å². The Morgan fingerprint density at radius 3 is 2.40 bits per heavy atom. The van der Waals surface area contributed by atoms with Crippen LogP contribution in [-0.2, 0) is 0 Å². The summed E-state index contributed by atoms with van der Waals surface area (Å²) in [6.07, 6.45) is 0. The highest BCUT2D eigenvalue weighted by molar-refractivity contribution is 6.58. The van der Waals surface area contributed by atoms with Crippen molar-refractivity contribution in [1.82, 2.24) is 0 Å². The van der Waals surface area contributed by atoms with Crippen molar-refractivity contribution in [3.05, 3.63) is 29.6 Å². The van der Waals surface area contributed by atoms with Crippen molar-refractivity contribution in [3.8, 4) is 0 Å². The van der Waals surface area contributed by atoms with Gasteiger partial charge in [-0.25, -0.2) is 4.39 Å². The second-order valence-corrected chi connectivity index (χ2v) is 3.67. The lowest BCUT2D eigenvalue weighted by Crippen LogP contribution is -2.31. The van der Waals surface area contributed by atoms with E-state index in [-0.39, 0.29) is 22.7 Å². The highest BCUT2D eigenvalue weighted by atomic mass is 19.1. The maximum Gasteiger partial charge on any atom is 0.488 e. The maximum absolute atomic E-state index is 13.0. The van der Waals surface area contributed by atoms with E-state index in [1.54, 1.807) is 13.8 Å². The Bertz CT molecular complexity index is 377. The van der Waals surface area contributed by atoms with E-state index in [1.807, 2.05) is 0 Å². The Hall–Kier alpha value is -1.20. The molecule has 2 N–H and O–H groups in total. The lowest BCUT2D eigenvalue weighted by atomic mass is 9.79. The molecule has 0 unspecified atom stereocenters. The highest BCUT2D eigenvalue weighted by Gasteiger charge is 2.17. The van der Waals surface area contributed by atoms with Gasteiger partial charge in [-0.1, -0.05) is 19.9 Å². The molecule has 1 rings (SSSR count). The van der Waals surface area contributed by atoms with Gasteiger partial charge < -0.3 is 10.0 Å². The van der Waals surface area contributed by atoms with Crippen LogP contribution in [0.5, 0.6) is 0 Å². The van der Waals surface area contributed by atoms with Crippen LogP contribution in [0.15, 0.2) is 18.2 Å². The first-order valence-corrected chi connectivity index (χ1v) is 4.62. The van der Waals surface area contributed by atoms with Crippen molar-refractivity contribution in [2.24, 2.45) is 5.92 Å². The van der Waals surface area contributed by atoms with Crippen LogP contribution in [0, 0.1) is 11.7 Å². The van der Waals surface area contributed by atoms with Gasteiger partial charge in [0.05, 0.1) is 0 Å². The number of benzene rings is 1. The first-order valence-electron chi connectivity index (χ1n) is 4.62. The molecule has 0 saturated carbocycles. The topological polar surface area (TPSA) is 57.5 Å². The fourth-order valence-corrected chi connectivity index (χ4v) is 1.24. The number of carbonyl (C=O) groups is 1. The molecule has 15 heavy (non-hydrogen) atoms. The van der Waals surface area contributed by atoms with Gasteiger partial charge in [0.25, 0.3) is 0 Å². The number of carbonyl (C=O) groups excluding carboxylic acids is 1. The van der Waals surface area contributed by atoms with Gasteiger partial charge in [0, 0.05) is 11.5 Å². The SMILES string of the molecule is CC(C)C(=O)c1cc(F)cc(B(O)O)c1. The third kappa shape index (κ3) is 2.87. The number of ketones is 1. The van der Waals surface area contributed by atoms with E-state index in [1.165, 1.54) is 6.07 Å². The highest BCUT2D eigenvalue weighted by Crippen LogP contribution is 2.09. The Kier molecular flexibility index (Phi) is 3.60. The monoisotopic (exact) mass is 210 g/mol. The Morgan fingerprint density at radius 1 is 1.33 bits per heavy atom. The summed E-state index contributed by atoms with van der Waals surface area (Å²) >= 11 is 0. The van der Waals surface area contributed by atoms with Crippen molar-refractivity contribution in [2.45, 2.75) is 13.8 Å². The number of hydrogen-bond donors (Lipinski definition) is 2. The zero-order valence-corrected chi connectivity index (χ0v) is 8.57. The van der Waals surface area contributed by atoms with E-state index in [4.69, 9.17) is 10.0 Å². The van der Waals surface area contributed by atoms with Gasteiger partial charge in [-0.15, -0.1) is 0 Å². The van der Waals surface area contributed by atoms with E-state index < -0.39 is 12.9 Å². The predicted molar refractivity (Wildman–Crippen MR) is 55.4 cm³/mol. The summed E-state index contributed by atoms with van der Waals surface area (Å²) < 4.78 is 13.0. The molecule has 5 heteroatoms. The number of rotatable bonds is 3. The lowest BCUT2D eigenvalue weighted by molar-refractivity contribution is 0.0939. The van der Waals surface area contributed by atoms with Crippen LogP contribution in [-0.4, -0.2) is 22.9 Å². The zero-order chi connectivity index (χ0) is 11.6. The fourth-order valence-electron chi connectivity index (χ4n) is 1.24. The third-order valence-corrected chi connectivity index (χ3v) is 2.03. The molecule has 0 aliphatic carbocycles. The number of hydrogen-bond acceptors (Lipinski definition) is 3. The number of halogens is 1. The van der Waals surface area contributed by atoms with Crippen molar-refractivity contribution < 1.29 is 19.2 Å². The predicted octanol–water partition coefficient (Wildman–Crippen LogP) is 0.344. The van der Waals surface area contributed by atoms with E-state index >= 15 is 0 Å². The van der Waals surface area contributed by atoms with Crippen LogP contribution < -0.4 is 5.46 Å². The quantitative estimate of drug-likeness (QED) is 0.558. The van der Waals surface area contributed by atoms with Gasteiger partial charge in [-0.05, 0) is 17.6 Å². The van der Waals surface area contributed by atoms with Crippen molar-refractivity contribution in [1.29, 1.82) is 0 Å². The molecule has 0 atom stereocenters. The van der Waals surface area contributed by atoms with E-state index in [9.17, 15) is 9.18 Å². The molecule has 0 spiro atoms. The minimum Gasteiger partial charge on any atom is -0.423 e. The molecule has 0 aliphatic rings. The Labute approximate surface area is 87.7 Å². The minimum absolute atomic E-state index is 0.0148. The molecule has 3 nitrogen and oxygen atoms in total. The Morgan fingerprint density at radius 2 is 1.93 bits per heavy atom. The molecule has 0 aromatic heterocycles. The summed E-state index contributed by atoms with van der Waals surface area (Å²) in [5.41, 5.74) is 0.145. The first-order chi connectivity index (χ1) is 6.91. The maximum atomic E-state index is 13.0. The van der Waals surface area contributed by atoms with Gasteiger partial charge in [0.2, 0.25) is 0 Å². The van der Waals surface area contributed by atoms with Crippen LogP contribution >= 0.6 is 0 Å². The fraction of sp³-hybridized carbons (Fsp3) is 0.300. The van der Waals surface area contributed by atoms with Crippen LogP contribution in [0.25, 0.3) is 0 Å². The minimum atomic E-state index is -1.76. The molecule has 0 fully saturated rings. The van der Waals surface area contributed by atoms with E-state index in [0.717, 1.165) is 12.1 Å². The smallest absolute Gasteiger partial charge is 0.423 e. The van der Waals surface area contributed by atoms with Gasteiger partial charge >= 0.3 is 7.12 Å². The first kappa shape index (κ1) is 11.9. The van der Waals surface area contributed by atoms with E-state index in [0.29, 0.717) is 0 Å². The third-order valence-electron chi connectivity index (χ3n) is 2.03. The van der Waals surface area contributed by atoms with E-state index in [2.05, 4.69) is 0 Å². The molecule has 0 amide bonds. The molecule has 0 radical (unpaired) electrons. The summed E-state index contributed by atoms with van der Waals surface area (Å²) in [6, 6.07) is 3.37. The van der Waals surface area contributed by atoms with Crippen LogP contribution in [0.1, 0.15) is 24.2 Å². The van der Waals surface area contributed by atoms with Crippen molar-refractivity contribution in [2.75, 3.05) is 0 Å². The van der Waals surface area contributed by atoms with Gasteiger partial charge in [0.1, 0.15) is 5.82 Å². The molecule has 0 bridgehead atoms. The average molecular weight is 210 g/mol. The average Bonchev–Trinajstić information content (AvgIpc) is 2.15. The van der Waals surface area contributed by atoms with Gasteiger partial charge in [0.15, 0.2) is 5.78 Å². The molecule has 0 heterocycles. The normalized spacial score (nSPS) is 10.5. The second-order valence-electron chi connectivity index (χ2n) is 3.67. The van der Waals surface area contributed by atoms with Gasteiger partial charge in [-0.3, -0.25) is 4.79 Å². The Balaban J connectivity index is 3.14. The molecular weight excluding hydrogens is 198 g/mol. The van der Waals surface area contributed by atoms with Gasteiger partial charge in [-0.2, -0.15) is 0 Å². The molecule has 80 valence electrons. The van der Waals surface area contributed by atoms with Crippen LogP contribution in [0.3, 0.4) is 0 Å². The molecule has 1 aromatic carbocycles. The van der Waals surface area contributed by atoms with Crippen molar-refractivity contribution in [3.63, 3.8) is 0 Å². The molecular formula is C10H12BFO3. The summed E-state index contributed by atoms with van der Waals surface area (Å²) in [5, 5.41) is 17.7. The van der Waals surface area contributed by atoms with Crippen LogP contribution in [0.4, 0.5) is 4.39 Å². The standard InChI is InChI=1S/C10H12BFO3/c1-6(2)10(13)7-3-8(11(14)15)5-9(12)4-7/h3-6,14-15H,1-2H3. The number of Topliss-reactive ketones (excluding diaryl/α,β-unsaturated/α-hetero) is 1. The molecule has 0 aliphatic heterocycles. The molecule has 0 saturated heterocycles. The largest absolute Gasteiger partial charge is 0.488 e. The lowest BCUT2D eigenvalue weighted by Gasteiger charge is -2.06. The summed E-state index contributed by atoms with van der Waals surface area (Å²) in [5.74, 6) is -1.13. The molecule has 1 aromatic rings. The summed E-state index contributed by atoms with van der Waals surface area (Å²) in [4.78, 5) is 11.5. The zero-order valence-electron chi connectivity index (χ0n) is 8.57. The summed E-state index contributed by atoms with van der Waals surface area (Å²) in [6.45, 7) is 3.39. The van der Waals surface area contributed by atoms with Crippen molar-refractivity contribution >= 4 is 18.4 Å². The second kappa shape index (κ2) is 4.55. The summed E-state index contributed by atoms with van der Waals surface area (Å²) in [7, 11) is -1.76.